The molecule has 0 amide bonds. The van der Waals surface area contributed by atoms with E-state index in [0.29, 0.717) is 6.07 Å². The van der Waals surface area contributed by atoms with Crippen LogP contribution in [0.3, 0.4) is 0 Å². The summed E-state index contributed by atoms with van der Waals surface area (Å²) in [7, 11) is -2.34. The maximum absolute atomic E-state index is 13.2. The van der Waals surface area contributed by atoms with E-state index in [0.717, 1.165) is 6.07 Å². The molecule has 2 rings (SSSR count). The third-order valence-electron chi connectivity index (χ3n) is 3.50. The van der Waals surface area contributed by atoms with E-state index in [1.165, 1.54) is 37.3 Å². The first-order valence-corrected chi connectivity index (χ1v) is 7.98. The van der Waals surface area contributed by atoms with Gasteiger partial charge in [0.25, 0.3) is 5.60 Å². The summed E-state index contributed by atoms with van der Waals surface area (Å²) in [6, 6.07) is 9.74. The highest BCUT2D eigenvalue weighted by Gasteiger charge is 2.72. The van der Waals surface area contributed by atoms with Gasteiger partial charge in [-0.1, -0.05) is 35.9 Å². The second-order valence-corrected chi connectivity index (χ2v) is 6.74. The first kappa shape index (κ1) is 19.5. The van der Waals surface area contributed by atoms with Crippen LogP contribution in [0.15, 0.2) is 58.3 Å². The minimum Gasteiger partial charge on any atom is -0.369 e. The second kappa shape index (κ2) is 6.45. The van der Waals surface area contributed by atoms with E-state index < -0.39 is 39.2 Å². The van der Waals surface area contributed by atoms with E-state index in [2.05, 4.69) is 0 Å². The lowest BCUT2D eigenvalue weighted by Crippen LogP contribution is -2.54. The van der Waals surface area contributed by atoms with Crippen LogP contribution in [0.5, 0.6) is 0 Å². The Kier molecular flexibility index (Phi) is 5.02. The first-order valence-electron chi connectivity index (χ1n) is 6.83. The lowest BCUT2D eigenvalue weighted by Gasteiger charge is -2.34. The van der Waals surface area contributed by atoms with Crippen molar-refractivity contribution in [3.05, 3.63) is 59.7 Å². The monoisotopic (exact) mass is 382 g/mol. The minimum atomic E-state index is -6.05. The molecule has 1 unspecified atom stereocenters. The molecule has 0 aliphatic carbocycles. The van der Waals surface area contributed by atoms with Crippen LogP contribution in [0.2, 0.25) is 0 Å². The molecular formula is C16H12F6O2S. The molecule has 0 bridgehead atoms. The van der Waals surface area contributed by atoms with Crippen molar-refractivity contribution in [3.8, 4) is 0 Å². The zero-order valence-corrected chi connectivity index (χ0v) is 13.5. The lowest BCUT2D eigenvalue weighted by molar-refractivity contribution is -0.377. The number of benzene rings is 2. The Labute approximate surface area is 141 Å². The summed E-state index contributed by atoms with van der Waals surface area (Å²) in [5, 5.41) is 9.67. The highest BCUT2D eigenvalue weighted by atomic mass is 32.2. The lowest BCUT2D eigenvalue weighted by atomic mass is 9.91. The molecule has 1 atom stereocenters. The van der Waals surface area contributed by atoms with Crippen molar-refractivity contribution in [2.75, 3.05) is 0 Å². The van der Waals surface area contributed by atoms with Gasteiger partial charge < -0.3 is 5.11 Å². The SMILES string of the molecule is Cc1ccc(S(=O)c2ccccc2)c(C(O)(C(F)(F)F)C(F)(F)F)c1. The molecule has 25 heavy (non-hydrogen) atoms. The fraction of sp³-hybridized carbons (Fsp3) is 0.250. The smallest absolute Gasteiger partial charge is 0.369 e. The Balaban J connectivity index is 2.77. The average Bonchev–Trinajstić information content (AvgIpc) is 2.52. The molecule has 2 aromatic carbocycles. The number of hydrogen-bond acceptors (Lipinski definition) is 2. The normalized spacial score (nSPS) is 14.4. The fourth-order valence-corrected chi connectivity index (χ4v) is 3.48. The summed E-state index contributed by atoms with van der Waals surface area (Å²) in [6.45, 7) is 1.27. The van der Waals surface area contributed by atoms with Gasteiger partial charge in [-0.15, -0.1) is 0 Å². The van der Waals surface area contributed by atoms with Gasteiger partial charge in [0.05, 0.1) is 15.7 Å². The third kappa shape index (κ3) is 3.43. The van der Waals surface area contributed by atoms with Gasteiger partial charge in [-0.3, -0.25) is 0 Å². The van der Waals surface area contributed by atoms with Crippen molar-refractivity contribution in [3.63, 3.8) is 0 Å². The summed E-state index contributed by atoms with van der Waals surface area (Å²) in [5.74, 6) is 0. The molecule has 0 saturated heterocycles. The molecule has 1 N–H and O–H groups in total. The molecule has 136 valence electrons. The molecular weight excluding hydrogens is 370 g/mol. The van der Waals surface area contributed by atoms with E-state index in [4.69, 9.17) is 0 Å². The van der Waals surface area contributed by atoms with Gasteiger partial charge in [0.1, 0.15) is 0 Å². The van der Waals surface area contributed by atoms with Gasteiger partial charge in [-0.25, -0.2) is 4.21 Å². The minimum absolute atomic E-state index is 0.0132. The van der Waals surface area contributed by atoms with Crippen molar-refractivity contribution in [2.24, 2.45) is 0 Å². The van der Waals surface area contributed by atoms with E-state index in [9.17, 15) is 35.7 Å². The Morgan fingerprint density at radius 2 is 1.40 bits per heavy atom. The highest BCUT2D eigenvalue weighted by Crippen LogP contribution is 2.51. The van der Waals surface area contributed by atoms with Crippen LogP contribution in [0.25, 0.3) is 0 Å². The van der Waals surface area contributed by atoms with Gasteiger partial charge in [-0.05, 0) is 25.1 Å². The summed E-state index contributed by atoms with van der Waals surface area (Å²) in [4.78, 5) is -0.742. The topological polar surface area (TPSA) is 37.3 Å². The third-order valence-corrected chi connectivity index (χ3v) is 4.96. The summed E-state index contributed by atoms with van der Waals surface area (Å²) >= 11 is 0. The van der Waals surface area contributed by atoms with E-state index in [1.54, 1.807) is 6.07 Å². The molecule has 0 fully saturated rings. The number of halogens is 6. The average molecular weight is 382 g/mol. The van der Waals surface area contributed by atoms with Crippen molar-refractivity contribution >= 4 is 10.8 Å². The van der Waals surface area contributed by atoms with Gasteiger partial charge in [0, 0.05) is 10.5 Å². The molecule has 0 spiro atoms. The fourth-order valence-electron chi connectivity index (χ4n) is 2.23. The van der Waals surface area contributed by atoms with E-state index >= 15 is 0 Å². The Morgan fingerprint density at radius 1 is 0.880 bits per heavy atom. The highest BCUT2D eigenvalue weighted by molar-refractivity contribution is 7.85. The van der Waals surface area contributed by atoms with Crippen LogP contribution in [0.1, 0.15) is 11.1 Å². The van der Waals surface area contributed by atoms with Crippen LogP contribution in [0.4, 0.5) is 26.3 Å². The van der Waals surface area contributed by atoms with Gasteiger partial charge in [0.15, 0.2) is 0 Å². The van der Waals surface area contributed by atoms with Crippen molar-refractivity contribution in [1.82, 2.24) is 0 Å². The Morgan fingerprint density at radius 3 is 1.88 bits per heavy atom. The molecule has 2 nitrogen and oxygen atoms in total. The number of aliphatic hydroxyl groups is 1. The summed E-state index contributed by atoms with van der Waals surface area (Å²) < 4.78 is 91.7. The van der Waals surface area contributed by atoms with Crippen molar-refractivity contribution in [1.29, 1.82) is 0 Å². The van der Waals surface area contributed by atoms with Crippen LogP contribution in [-0.2, 0) is 16.4 Å². The Hall–Kier alpha value is -1.87. The Bertz CT molecular complexity index is 769. The second-order valence-electron chi connectivity index (χ2n) is 5.29. The molecule has 0 aliphatic heterocycles. The molecule has 0 aromatic heterocycles. The van der Waals surface area contributed by atoms with Crippen molar-refractivity contribution < 1.29 is 35.7 Å². The molecule has 9 heteroatoms. The zero-order chi connectivity index (χ0) is 19.0. The standard InChI is InChI=1S/C16H12F6O2S/c1-10-7-8-13(25(24)11-5-3-2-4-6-11)12(9-10)14(23,15(17,18)19)16(20,21)22/h2-9,23H,1H3. The zero-order valence-electron chi connectivity index (χ0n) is 12.7. The largest absolute Gasteiger partial charge is 0.430 e. The number of hydrogen-bond donors (Lipinski definition) is 1. The van der Waals surface area contributed by atoms with Gasteiger partial charge in [-0.2, -0.15) is 26.3 Å². The van der Waals surface area contributed by atoms with Gasteiger partial charge in [0.2, 0.25) is 0 Å². The quantitative estimate of drug-likeness (QED) is 0.796. The molecule has 0 saturated carbocycles. The van der Waals surface area contributed by atoms with E-state index in [-0.39, 0.29) is 10.5 Å². The maximum atomic E-state index is 13.2. The van der Waals surface area contributed by atoms with Crippen LogP contribution in [0, 0.1) is 6.92 Å². The molecule has 2 aromatic rings. The predicted molar refractivity (Wildman–Crippen MR) is 78.3 cm³/mol. The first-order chi connectivity index (χ1) is 11.4. The van der Waals surface area contributed by atoms with Crippen LogP contribution in [-0.4, -0.2) is 21.7 Å². The summed E-state index contributed by atoms with van der Waals surface area (Å²) in [6.07, 6.45) is -12.1. The van der Waals surface area contributed by atoms with Crippen molar-refractivity contribution in [2.45, 2.75) is 34.7 Å². The summed E-state index contributed by atoms with van der Waals surface area (Å²) in [5.41, 5.74) is -6.57. The molecule has 0 heterocycles. The number of alkyl halides is 6. The number of aryl methyl sites for hydroxylation is 1. The number of rotatable bonds is 3. The molecule has 0 aliphatic rings. The maximum Gasteiger partial charge on any atom is 0.430 e. The van der Waals surface area contributed by atoms with Crippen LogP contribution >= 0.6 is 0 Å². The van der Waals surface area contributed by atoms with E-state index in [1.807, 2.05) is 0 Å². The van der Waals surface area contributed by atoms with Gasteiger partial charge >= 0.3 is 12.4 Å². The molecule has 0 radical (unpaired) electrons. The van der Waals surface area contributed by atoms with Crippen LogP contribution < -0.4 is 0 Å². The predicted octanol–water partition coefficient (Wildman–Crippen LogP) is 4.47.